The van der Waals surface area contributed by atoms with Crippen LogP contribution in [0.25, 0.3) is 16.5 Å². The normalized spacial score (nSPS) is 14.8. The fourth-order valence-corrected chi connectivity index (χ4v) is 4.82. The number of rotatable bonds is 8. The van der Waals surface area contributed by atoms with Gasteiger partial charge in [0.2, 0.25) is 0 Å². The Morgan fingerprint density at radius 1 is 0.938 bits per heavy atom. The lowest BCUT2D eigenvalue weighted by atomic mass is 10.1. The fourth-order valence-electron chi connectivity index (χ4n) is 3.78. The minimum Gasteiger partial charge on any atom is -0.361 e. The van der Waals surface area contributed by atoms with Crippen molar-refractivity contribution in [2.24, 2.45) is 0 Å². The molecule has 5 nitrogen and oxygen atoms in total. The lowest BCUT2D eigenvalue weighted by Crippen LogP contribution is -2.30. The van der Waals surface area contributed by atoms with Gasteiger partial charge >= 0.3 is 0 Å². The molecule has 0 bridgehead atoms. The van der Waals surface area contributed by atoms with E-state index in [0.29, 0.717) is 18.9 Å². The van der Waals surface area contributed by atoms with E-state index >= 15 is 0 Å². The van der Waals surface area contributed by atoms with Gasteiger partial charge in [0.05, 0.1) is 17.6 Å². The third-order valence-electron chi connectivity index (χ3n) is 5.58. The maximum atomic E-state index is 13.3. The highest BCUT2D eigenvalue weighted by Gasteiger charge is 2.39. The van der Waals surface area contributed by atoms with Crippen LogP contribution in [-0.2, 0) is 27.6 Å². The molecule has 2 heterocycles. The van der Waals surface area contributed by atoms with Gasteiger partial charge in [-0.25, -0.2) is 0 Å². The quantitative estimate of drug-likeness (QED) is 0.251. The maximum absolute atomic E-state index is 13.3. The monoisotopic (exact) mass is 466 g/mol. The fraction of sp³-hybridized carbons (Fsp3) is 0.280. The molecular formula is C25H27ClN2O3Si. The Hall–Kier alpha value is -2.67. The van der Waals surface area contributed by atoms with E-state index in [2.05, 4.69) is 19.6 Å². The number of ether oxygens (including phenoxy) is 1. The minimum atomic E-state index is -1.18. The summed E-state index contributed by atoms with van der Waals surface area (Å²) in [5, 5.41) is 0.839. The van der Waals surface area contributed by atoms with Crippen LogP contribution in [0.15, 0.2) is 65.8 Å². The van der Waals surface area contributed by atoms with Gasteiger partial charge in [0.25, 0.3) is 11.8 Å². The van der Waals surface area contributed by atoms with Crippen molar-refractivity contribution < 1.29 is 14.3 Å². The number of benzene rings is 2. The van der Waals surface area contributed by atoms with Crippen LogP contribution in [0.3, 0.4) is 0 Å². The third kappa shape index (κ3) is 4.58. The summed E-state index contributed by atoms with van der Waals surface area (Å²) < 4.78 is 7.92. The zero-order chi connectivity index (χ0) is 22.9. The number of fused-ring (bicyclic) bond motifs is 1. The Labute approximate surface area is 194 Å². The molecule has 0 saturated carbocycles. The Morgan fingerprint density at radius 2 is 1.62 bits per heavy atom. The van der Waals surface area contributed by atoms with Crippen molar-refractivity contribution in [2.45, 2.75) is 39.0 Å². The molecule has 1 aromatic heterocycles. The van der Waals surface area contributed by atoms with E-state index in [-0.39, 0.29) is 23.1 Å². The molecule has 1 aliphatic heterocycles. The molecule has 0 spiro atoms. The minimum absolute atomic E-state index is 0.0338. The number of amides is 2. The number of para-hydroxylation sites is 1. The lowest BCUT2D eigenvalue weighted by Gasteiger charge is -2.15. The maximum Gasteiger partial charge on any atom is 0.273 e. The first kappa shape index (κ1) is 22.5. The molecule has 0 radical (unpaired) electrons. The summed E-state index contributed by atoms with van der Waals surface area (Å²) >= 11 is 6.44. The van der Waals surface area contributed by atoms with E-state index in [1.165, 1.54) is 4.90 Å². The van der Waals surface area contributed by atoms with E-state index in [9.17, 15) is 9.59 Å². The summed E-state index contributed by atoms with van der Waals surface area (Å²) in [5.41, 5.74) is 2.73. The molecule has 0 saturated heterocycles. The van der Waals surface area contributed by atoms with Crippen LogP contribution < -0.4 is 0 Å². The second-order valence-electron chi connectivity index (χ2n) is 9.25. The summed E-state index contributed by atoms with van der Waals surface area (Å²) in [6.07, 6.45) is 1.87. The molecule has 0 fully saturated rings. The van der Waals surface area contributed by atoms with Gasteiger partial charge in [-0.05, 0) is 17.7 Å². The number of carbonyl (C=O) groups is 2. The van der Waals surface area contributed by atoms with Crippen LogP contribution in [0.4, 0.5) is 0 Å². The first-order valence-corrected chi connectivity index (χ1v) is 14.8. The summed E-state index contributed by atoms with van der Waals surface area (Å²) in [4.78, 5) is 27.3. The Balaban J connectivity index is 1.62. The van der Waals surface area contributed by atoms with Gasteiger partial charge in [-0.3, -0.25) is 14.5 Å². The largest absolute Gasteiger partial charge is 0.361 e. The summed E-state index contributed by atoms with van der Waals surface area (Å²) in [6.45, 7) is 8.22. The Morgan fingerprint density at radius 3 is 2.34 bits per heavy atom. The summed E-state index contributed by atoms with van der Waals surface area (Å²) in [5.74, 6) is -0.829. The van der Waals surface area contributed by atoms with Gasteiger partial charge in [0.15, 0.2) is 0 Å². The molecule has 2 aromatic carbocycles. The lowest BCUT2D eigenvalue weighted by molar-refractivity contribution is -0.137. The number of halogens is 1. The number of nitrogens with zero attached hydrogens (tertiary/aromatic N) is 2. The SMILES string of the molecule is C[Si](C)(C)CCOCn1cc(C2=C(Cl)C(=O)N(Cc3ccccc3)C2=O)c2ccccc21. The average Bonchev–Trinajstić information content (AvgIpc) is 3.22. The second kappa shape index (κ2) is 9.06. The molecule has 0 atom stereocenters. The van der Waals surface area contributed by atoms with Gasteiger partial charge in [-0.1, -0.05) is 79.8 Å². The third-order valence-corrected chi connectivity index (χ3v) is 7.63. The zero-order valence-electron chi connectivity index (χ0n) is 18.6. The predicted octanol–water partition coefficient (Wildman–Crippen LogP) is 5.47. The molecule has 4 rings (SSSR count). The van der Waals surface area contributed by atoms with E-state index in [1.54, 1.807) is 0 Å². The second-order valence-corrected chi connectivity index (χ2v) is 15.2. The smallest absolute Gasteiger partial charge is 0.273 e. The number of aromatic nitrogens is 1. The van der Waals surface area contributed by atoms with E-state index in [4.69, 9.17) is 16.3 Å². The van der Waals surface area contributed by atoms with Crippen molar-refractivity contribution in [3.05, 3.63) is 77.0 Å². The van der Waals surface area contributed by atoms with Crippen molar-refractivity contribution in [1.82, 2.24) is 9.47 Å². The molecule has 7 heteroatoms. The topological polar surface area (TPSA) is 51.5 Å². The molecular weight excluding hydrogens is 440 g/mol. The molecule has 32 heavy (non-hydrogen) atoms. The standard InChI is InChI=1S/C25H27ClN2O3Si/c1-32(2,3)14-13-31-17-27-16-20(19-11-7-8-12-21(19)27)22-23(26)25(30)28(24(22)29)15-18-9-5-4-6-10-18/h4-12,16H,13-15,17H2,1-3H3. The zero-order valence-corrected chi connectivity index (χ0v) is 20.4. The molecule has 166 valence electrons. The molecule has 0 N–H and O–H groups in total. The van der Waals surface area contributed by atoms with Crippen molar-refractivity contribution >= 4 is 48.0 Å². The molecule has 0 unspecified atom stereocenters. The van der Waals surface area contributed by atoms with Crippen molar-refractivity contribution in [1.29, 1.82) is 0 Å². The number of hydrogen-bond donors (Lipinski definition) is 0. The molecule has 2 amide bonds. The first-order valence-electron chi connectivity index (χ1n) is 10.7. The van der Waals surface area contributed by atoms with E-state index in [0.717, 1.165) is 22.5 Å². The summed E-state index contributed by atoms with van der Waals surface area (Å²) in [7, 11) is -1.18. The van der Waals surface area contributed by atoms with Gasteiger partial charge in [0.1, 0.15) is 11.8 Å². The van der Waals surface area contributed by atoms with Crippen molar-refractivity contribution in [3.8, 4) is 0 Å². The van der Waals surface area contributed by atoms with Crippen molar-refractivity contribution in [3.63, 3.8) is 0 Å². The van der Waals surface area contributed by atoms with Crippen LogP contribution in [0.5, 0.6) is 0 Å². The number of carbonyl (C=O) groups excluding carboxylic acids is 2. The van der Waals surface area contributed by atoms with Crippen LogP contribution in [-0.4, -0.2) is 36.0 Å². The Bertz CT molecular complexity index is 1190. The highest BCUT2D eigenvalue weighted by atomic mass is 35.5. The highest BCUT2D eigenvalue weighted by molar-refractivity contribution is 6.76. The van der Waals surface area contributed by atoms with Gasteiger partial charge < -0.3 is 9.30 Å². The first-order chi connectivity index (χ1) is 15.3. The number of hydrogen-bond acceptors (Lipinski definition) is 3. The van der Waals surface area contributed by atoms with E-state index < -0.39 is 14.0 Å². The Kier molecular flexibility index (Phi) is 6.37. The molecule has 3 aromatic rings. The summed E-state index contributed by atoms with van der Waals surface area (Å²) in [6, 6.07) is 18.3. The average molecular weight is 467 g/mol. The predicted molar refractivity (Wildman–Crippen MR) is 131 cm³/mol. The van der Waals surface area contributed by atoms with Crippen LogP contribution in [0, 0.1) is 0 Å². The number of imide groups is 1. The molecule has 1 aliphatic rings. The van der Waals surface area contributed by atoms with Crippen LogP contribution >= 0.6 is 11.6 Å². The van der Waals surface area contributed by atoms with Crippen LogP contribution in [0.1, 0.15) is 11.1 Å². The van der Waals surface area contributed by atoms with Gasteiger partial charge in [-0.15, -0.1) is 0 Å². The van der Waals surface area contributed by atoms with Crippen LogP contribution in [0.2, 0.25) is 25.7 Å². The van der Waals surface area contributed by atoms with E-state index in [1.807, 2.05) is 65.4 Å². The highest BCUT2D eigenvalue weighted by Crippen LogP contribution is 2.37. The van der Waals surface area contributed by atoms with Crippen molar-refractivity contribution in [2.75, 3.05) is 6.61 Å². The van der Waals surface area contributed by atoms with Gasteiger partial charge in [-0.2, -0.15) is 0 Å². The molecule has 0 aliphatic carbocycles. The van der Waals surface area contributed by atoms with Gasteiger partial charge in [0, 0.05) is 31.8 Å².